The molecule has 1 heterocycles. The van der Waals surface area contributed by atoms with Crippen molar-refractivity contribution in [3.8, 4) is 0 Å². The molecule has 0 saturated heterocycles. The quantitative estimate of drug-likeness (QED) is 0.324. The third kappa shape index (κ3) is 7.37. The lowest BCUT2D eigenvalue weighted by Crippen LogP contribution is -2.40. The maximum Gasteiger partial charge on any atom is 0.267 e. The fourth-order valence-corrected chi connectivity index (χ4v) is 2.77. The molecular formula is C17H26ClN5O3. The van der Waals surface area contributed by atoms with Crippen LogP contribution in [0, 0.1) is 5.92 Å². The van der Waals surface area contributed by atoms with Crippen LogP contribution in [0.15, 0.2) is 18.5 Å². The van der Waals surface area contributed by atoms with Gasteiger partial charge in [-0.2, -0.15) is 0 Å². The molecule has 1 aromatic heterocycles. The van der Waals surface area contributed by atoms with Crippen molar-refractivity contribution >= 4 is 36.1 Å². The van der Waals surface area contributed by atoms with Crippen LogP contribution >= 0.6 is 12.4 Å². The number of anilines is 1. The molecule has 4 N–H and O–H groups in total. The summed E-state index contributed by atoms with van der Waals surface area (Å²) < 4.78 is 0. The number of rotatable bonds is 7. The molecule has 0 spiro atoms. The molecule has 1 aromatic rings. The van der Waals surface area contributed by atoms with Gasteiger partial charge in [0.2, 0.25) is 5.91 Å². The normalized spacial score (nSPS) is 15.8. The van der Waals surface area contributed by atoms with Crippen LogP contribution in [0.1, 0.15) is 44.7 Å². The van der Waals surface area contributed by atoms with Gasteiger partial charge < -0.3 is 10.6 Å². The number of aromatic nitrogens is 2. The van der Waals surface area contributed by atoms with Crippen molar-refractivity contribution in [3.63, 3.8) is 0 Å². The van der Waals surface area contributed by atoms with Crippen molar-refractivity contribution in [2.45, 2.75) is 45.1 Å². The van der Waals surface area contributed by atoms with Crippen LogP contribution in [0.2, 0.25) is 0 Å². The summed E-state index contributed by atoms with van der Waals surface area (Å²) in [6.45, 7) is 2.50. The summed E-state index contributed by atoms with van der Waals surface area (Å²) in [5.74, 6) is 0.360. The first-order valence-electron chi connectivity index (χ1n) is 8.57. The molecule has 1 saturated carbocycles. The zero-order chi connectivity index (χ0) is 18.1. The zero-order valence-electron chi connectivity index (χ0n) is 14.8. The van der Waals surface area contributed by atoms with Crippen LogP contribution < -0.4 is 16.1 Å². The van der Waals surface area contributed by atoms with E-state index in [4.69, 9.17) is 5.21 Å². The van der Waals surface area contributed by atoms with Crippen molar-refractivity contribution < 1.29 is 14.8 Å². The van der Waals surface area contributed by atoms with Crippen molar-refractivity contribution in [1.82, 2.24) is 20.8 Å². The van der Waals surface area contributed by atoms with Crippen molar-refractivity contribution in [1.29, 1.82) is 0 Å². The van der Waals surface area contributed by atoms with Crippen LogP contribution in [0.4, 0.5) is 5.82 Å². The highest BCUT2D eigenvalue weighted by Gasteiger charge is 2.17. The second-order valence-corrected chi connectivity index (χ2v) is 6.25. The Hall–Kier alpha value is -2.19. The Morgan fingerprint density at radius 3 is 2.62 bits per heavy atom. The lowest BCUT2D eigenvalue weighted by atomic mass is 9.89. The van der Waals surface area contributed by atoms with Gasteiger partial charge in [-0.15, -0.1) is 12.4 Å². The maximum atomic E-state index is 12.2. The number of nitrogens with one attached hydrogen (secondary N) is 3. The molecule has 0 bridgehead atoms. The molecule has 1 atom stereocenters. The van der Waals surface area contributed by atoms with Gasteiger partial charge in [-0.1, -0.05) is 19.3 Å². The molecular weight excluding hydrogens is 358 g/mol. The summed E-state index contributed by atoms with van der Waals surface area (Å²) in [5, 5.41) is 14.4. The first-order chi connectivity index (χ1) is 12.1. The van der Waals surface area contributed by atoms with Crippen LogP contribution in [0.3, 0.4) is 0 Å². The smallest absolute Gasteiger partial charge is 0.267 e. The zero-order valence-corrected chi connectivity index (χ0v) is 15.6. The highest BCUT2D eigenvalue weighted by molar-refractivity contribution is 5.90. The van der Waals surface area contributed by atoms with E-state index in [0.717, 1.165) is 12.6 Å². The molecule has 1 fully saturated rings. The third-order valence-electron chi connectivity index (χ3n) is 4.23. The lowest BCUT2D eigenvalue weighted by molar-refractivity contribution is -0.124. The molecule has 26 heavy (non-hydrogen) atoms. The van der Waals surface area contributed by atoms with E-state index < -0.39 is 11.9 Å². The number of carbonyl (C=O) groups is 2. The molecule has 0 radical (unpaired) electrons. The SMILES string of the molecule is C[C@@H](Nc1cnc(/C=C/C(=O)NO)cn1)C(=O)NCC1CCCCC1.Cl. The number of hydrogen-bond donors (Lipinski definition) is 4. The van der Waals surface area contributed by atoms with Crippen LogP contribution in [0.5, 0.6) is 0 Å². The van der Waals surface area contributed by atoms with Crippen molar-refractivity contribution in [2.75, 3.05) is 11.9 Å². The summed E-state index contributed by atoms with van der Waals surface area (Å²) in [6, 6.07) is -0.417. The van der Waals surface area contributed by atoms with Gasteiger partial charge in [0.25, 0.3) is 5.91 Å². The van der Waals surface area contributed by atoms with Gasteiger partial charge in [-0.05, 0) is 31.8 Å². The van der Waals surface area contributed by atoms with Crippen molar-refractivity contribution in [2.24, 2.45) is 5.92 Å². The van der Waals surface area contributed by atoms with E-state index in [2.05, 4.69) is 20.6 Å². The number of hydrogen-bond acceptors (Lipinski definition) is 6. The van der Waals surface area contributed by atoms with E-state index in [-0.39, 0.29) is 18.3 Å². The molecule has 0 aromatic carbocycles. The van der Waals surface area contributed by atoms with E-state index in [1.54, 1.807) is 6.92 Å². The van der Waals surface area contributed by atoms with Gasteiger partial charge >= 0.3 is 0 Å². The van der Waals surface area contributed by atoms with Gasteiger partial charge in [0.1, 0.15) is 11.9 Å². The predicted molar refractivity (Wildman–Crippen MR) is 101 cm³/mol. The van der Waals surface area contributed by atoms with Gasteiger partial charge in [-0.3, -0.25) is 19.8 Å². The fraction of sp³-hybridized carbons (Fsp3) is 0.529. The van der Waals surface area contributed by atoms with E-state index in [1.165, 1.54) is 56.1 Å². The molecule has 8 nitrogen and oxygen atoms in total. The summed E-state index contributed by atoms with van der Waals surface area (Å²) in [4.78, 5) is 31.3. The highest BCUT2D eigenvalue weighted by atomic mass is 35.5. The Balaban J connectivity index is 0.00000338. The summed E-state index contributed by atoms with van der Waals surface area (Å²) >= 11 is 0. The van der Waals surface area contributed by atoms with Gasteiger partial charge in [-0.25, -0.2) is 10.5 Å². The fourth-order valence-electron chi connectivity index (χ4n) is 2.77. The number of hydroxylamine groups is 1. The Bertz CT molecular complexity index is 603. The monoisotopic (exact) mass is 383 g/mol. The maximum absolute atomic E-state index is 12.2. The number of nitrogens with zero attached hydrogens (tertiary/aromatic N) is 2. The Labute approximate surface area is 159 Å². The van der Waals surface area contributed by atoms with E-state index in [9.17, 15) is 9.59 Å². The second-order valence-electron chi connectivity index (χ2n) is 6.25. The highest BCUT2D eigenvalue weighted by Crippen LogP contribution is 2.22. The number of carbonyl (C=O) groups excluding carboxylic acids is 2. The van der Waals surface area contributed by atoms with Crippen LogP contribution in [-0.4, -0.2) is 39.6 Å². The first-order valence-corrected chi connectivity index (χ1v) is 8.57. The molecule has 1 aliphatic carbocycles. The molecule has 2 rings (SSSR count). The van der Waals surface area contributed by atoms with Crippen LogP contribution in [-0.2, 0) is 9.59 Å². The molecule has 0 aliphatic heterocycles. The summed E-state index contributed by atoms with van der Waals surface area (Å²) in [7, 11) is 0. The topological polar surface area (TPSA) is 116 Å². The molecule has 144 valence electrons. The van der Waals surface area contributed by atoms with Crippen molar-refractivity contribution in [3.05, 3.63) is 24.2 Å². The largest absolute Gasteiger partial charge is 0.357 e. The van der Waals surface area contributed by atoms with E-state index in [1.807, 2.05) is 0 Å². The number of halogens is 1. The molecule has 0 unspecified atom stereocenters. The van der Waals surface area contributed by atoms with Crippen LogP contribution in [0.25, 0.3) is 6.08 Å². The summed E-state index contributed by atoms with van der Waals surface area (Å²) in [5.41, 5.74) is 1.95. The minimum absolute atomic E-state index is 0. The molecule has 9 heteroatoms. The average Bonchev–Trinajstić information content (AvgIpc) is 2.66. The van der Waals surface area contributed by atoms with Gasteiger partial charge in [0.15, 0.2) is 0 Å². The third-order valence-corrected chi connectivity index (χ3v) is 4.23. The van der Waals surface area contributed by atoms with Gasteiger partial charge in [0, 0.05) is 12.6 Å². The summed E-state index contributed by atoms with van der Waals surface area (Å²) in [6.07, 6.45) is 11.7. The Kier molecular flexibility index (Phi) is 9.61. The minimum atomic E-state index is -0.646. The molecule has 1 aliphatic rings. The predicted octanol–water partition coefficient (Wildman–Crippen LogP) is 1.91. The standard InChI is InChI=1S/C17H25N5O3.ClH/c1-12(17(24)20-9-13-5-3-2-4-6-13)21-15-11-18-14(10-19-15)7-8-16(23)22-25;/h7-8,10-13,25H,2-6,9H2,1H3,(H,19,21)(H,20,24)(H,22,23);1H/b8-7+;/t12-;/m1./s1. The van der Waals surface area contributed by atoms with Gasteiger partial charge in [0.05, 0.1) is 18.1 Å². The Morgan fingerprint density at radius 1 is 1.27 bits per heavy atom. The average molecular weight is 384 g/mol. The lowest BCUT2D eigenvalue weighted by Gasteiger charge is -2.23. The Morgan fingerprint density at radius 2 is 2.00 bits per heavy atom. The number of amides is 2. The first kappa shape index (κ1) is 21.9. The van der Waals surface area contributed by atoms with E-state index >= 15 is 0 Å². The minimum Gasteiger partial charge on any atom is -0.357 e. The molecule has 2 amide bonds. The second kappa shape index (κ2) is 11.4. The van der Waals surface area contributed by atoms with E-state index in [0.29, 0.717) is 17.4 Å².